The Morgan fingerprint density at radius 1 is 0.952 bits per heavy atom. The van der Waals surface area contributed by atoms with Gasteiger partial charge in [0.25, 0.3) is 11.5 Å². The molecule has 21 heavy (non-hydrogen) atoms. The van der Waals surface area contributed by atoms with Crippen molar-refractivity contribution in [2.75, 3.05) is 0 Å². The summed E-state index contributed by atoms with van der Waals surface area (Å²) in [5.74, 6) is -2.78. The molecule has 15 heteroatoms. The molecule has 0 spiro atoms. The smallest absolute Gasteiger partial charge is 0.525 e. The third-order valence-corrected chi connectivity index (χ3v) is 1.81. The van der Waals surface area contributed by atoms with Crippen LogP contribution >= 0.6 is 46.4 Å². The minimum atomic E-state index is -5.86. The van der Waals surface area contributed by atoms with E-state index in [1.807, 2.05) is 0 Å². The maximum Gasteiger partial charge on any atom is 0.525 e. The standard InChI is InChI=1S/C6H2Cl4F6O5/c7-3(1(17)18,21-5(8,9)10)19-2(4(11,12)13)20-6(14,15)16/h2H,(H,17,18)/p-1. The average Bonchev–Trinajstić information content (AvgIpc) is 2.09. The van der Waals surface area contributed by atoms with Crippen LogP contribution in [-0.2, 0) is 19.0 Å². The topological polar surface area (TPSA) is 67.8 Å². The van der Waals surface area contributed by atoms with E-state index >= 15 is 0 Å². The molecule has 0 fully saturated rings. The van der Waals surface area contributed by atoms with Gasteiger partial charge in [-0.3, -0.25) is 14.2 Å². The predicted molar refractivity (Wildman–Crippen MR) is 53.0 cm³/mol. The summed E-state index contributed by atoms with van der Waals surface area (Å²) in [6.45, 7) is 0. The lowest BCUT2D eigenvalue weighted by molar-refractivity contribution is -0.452. The fourth-order valence-corrected chi connectivity index (χ4v) is 1.32. The van der Waals surface area contributed by atoms with Crippen LogP contribution in [0, 0.1) is 0 Å². The largest absolute Gasteiger partial charge is 0.543 e. The number of carbonyl (C=O) groups excluding carboxylic acids is 1. The van der Waals surface area contributed by atoms with Gasteiger partial charge in [0, 0.05) is 0 Å². The summed E-state index contributed by atoms with van der Waals surface area (Å²) < 4.78 is 79.0. The van der Waals surface area contributed by atoms with Crippen molar-refractivity contribution in [1.82, 2.24) is 0 Å². The summed E-state index contributed by atoms with van der Waals surface area (Å²) in [7, 11) is 0. The van der Waals surface area contributed by atoms with Gasteiger partial charge in [-0.05, 0) is 11.6 Å². The van der Waals surface area contributed by atoms with E-state index in [4.69, 9.17) is 46.4 Å². The van der Waals surface area contributed by atoms with Crippen molar-refractivity contribution in [3.63, 3.8) is 0 Å². The number of ether oxygens (including phenoxy) is 3. The van der Waals surface area contributed by atoms with Gasteiger partial charge < -0.3 is 9.90 Å². The van der Waals surface area contributed by atoms with E-state index < -0.39 is 34.0 Å². The fourth-order valence-electron chi connectivity index (χ4n) is 0.679. The van der Waals surface area contributed by atoms with Crippen LogP contribution in [0.3, 0.4) is 0 Å². The maximum absolute atomic E-state index is 12.3. The number of alkyl halides is 10. The van der Waals surface area contributed by atoms with Crippen molar-refractivity contribution in [2.24, 2.45) is 0 Å². The number of carboxylic acids is 1. The molecule has 0 aromatic rings. The highest BCUT2D eigenvalue weighted by Crippen LogP contribution is 2.39. The van der Waals surface area contributed by atoms with Crippen LogP contribution in [0.4, 0.5) is 26.3 Å². The third-order valence-electron chi connectivity index (χ3n) is 1.26. The highest BCUT2D eigenvalue weighted by atomic mass is 35.6. The van der Waals surface area contributed by atoms with E-state index in [9.17, 15) is 36.2 Å². The molecule has 0 aliphatic heterocycles. The molecule has 0 amide bonds. The molecular formula is C6HCl4F6O5-. The number of halogens is 10. The first-order valence-electron chi connectivity index (χ1n) is 4.12. The molecule has 0 saturated heterocycles. The maximum atomic E-state index is 12.3. The van der Waals surface area contributed by atoms with Gasteiger partial charge in [-0.15, -0.1) is 13.2 Å². The molecule has 0 N–H and O–H groups in total. The van der Waals surface area contributed by atoms with Gasteiger partial charge in [0.05, 0.1) is 0 Å². The summed E-state index contributed by atoms with van der Waals surface area (Å²) in [6.07, 6.45) is -15.9. The second-order valence-corrected chi connectivity index (χ2v) is 5.60. The summed E-state index contributed by atoms with van der Waals surface area (Å²) in [5, 5.41) is 6.52. The van der Waals surface area contributed by atoms with Crippen LogP contribution in [0.25, 0.3) is 0 Å². The number of hydrogen-bond donors (Lipinski definition) is 0. The second-order valence-electron chi connectivity index (χ2n) is 2.93. The lowest BCUT2D eigenvalue weighted by Gasteiger charge is -2.34. The normalized spacial score (nSPS) is 18.2. The quantitative estimate of drug-likeness (QED) is 0.397. The number of aliphatic carboxylic acids is 1. The van der Waals surface area contributed by atoms with Gasteiger partial charge in [-0.25, -0.2) is 0 Å². The molecule has 5 nitrogen and oxygen atoms in total. The zero-order valence-electron chi connectivity index (χ0n) is 8.90. The van der Waals surface area contributed by atoms with Crippen molar-refractivity contribution in [3.05, 3.63) is 0 Å². The zero-order valence-corrected chi connectivity index (χ0v) is 11.9. The summed E-state index contributed by atoms with van der Waals surface area (Å²) in [5.41, 5.74) is 0. The number of hydrogen-bond acceptors (Lipinski definition) is 5. The lowest BCUT2D eigenvalue weighted by Crippen LogP contribution is -2.55. The Labute approximate surface area is 131 Å². The Balaban J connectivity index is 5.39. The molecule has 0 bridgehead atoms. The van der Waals surface area contributed by atoms with Crippen molar-refractivity contribution < 1.29 is 50.5 Å². The molecule has 2 atom stereocenters. The first-order chi connectivity index (χ1) is 8.96. The van der Waals surface area contributed by atoms with Gasteiger partial charge in [-0.1, -0.05) is 34.8 Å². The number of carboxylic acid groups (broad SMARTS) is 1. The summed E-state index contributed by atoms with van der Waals surface area (Å²) in [4.78, 5) is 10.6. The highest BCUT2D eigenvalue weighted by Gasteiger charge is 2.54. The lowest BCUT2D eigenvalue weighted by atomic mass is 10.5. The SMILES string of the molecule is O=C([O-])C(Cl)(OC(OC(F)(F)F)C(F)(F)F)OC(Cl)(Cl)Cl. The molecule has 0 rings (SSSR count). The average molecular weight is 409 g/mol. The first kappa shape index (κ1) is 21.1. The Bertz CT molecular complexity index is 381. The number of carbonyl (C=O) groups is 1. The predicted octanol–water partition coefficient (Wildman–Crippen LogP) is 2.41. The van der Waals surface area contributed by atoms with Crippen molar-refractivity contribution in [3.8, 4) is 0 Å². The van der Waals surface area contributed by atoms with Crippen LogP contribution in [0.5, 0.6) is 0 Å². The van der Waals surface area contributed by atoms with Gasteiger partial charge >= 0.3 is 16.5 Å². The molecular weight excluding hydrogens is 408 g/mol. The van der Waals surface area contributed by atoms with E-state index in [2.05, 4.69) is 14.2 Å². The molecule has 0 heterocycles. The minimum absolute atomic E-state index is 2.53. The second kappa shape index (κ2) is 6.69. The van der Waals surface area contributed by atoms with Crippen LogP contribution in [0.1, 0.15) is 0 Å². The molecule has 2 unspecified atom stereocenters. The molecule has 0 aromatic carbocycles. The fraction of sp³-hybridized carbons (Fsp3) is 0.833. The highest BCUT2D eigenvalue weighted by molar-refractivity contribution is 6.66. The van der Waals surface area contributed by atoms with Gasteiger partial charge in [0.15, 0.2) is 0 Å². The Hall–Kier alpha value is 0.0900. The van der Waals surface area contributed by atoms with E-state index in [0.29, 0.717) is 0 Å². The van der Waals surface area contributed by atoms with Gasteiger partial charge in [0.1, 0.15) is 5.97 Å². The van der Waals surface area contributed by atoms with E-state index in [1.165, 1.54) is 0 Å². The minimum Gasteiger partial charge on any atom is -0.543 e. The van der Waals surface area contributed by atoms with Crippen molar-refractivity contribution in [2.45, 2.75) is 28.1 Å². The summed E-state index contributed by atoms with van der Waals surface area (Å²) >= 11 is 19.6. The summed E-state index contributed by atoms with van der Waals surface area (Å²) in [6, 6.07) is 0. The zero-order chi connectivity index (χ0) is 17.3. The van der Waals surface area contributed by atoms with E-state index in [0.717, 1.165) is 0 Å². The molecule has 0 aliphatic carbocycles. The Morgan fingerprint density at radius 2 is 1.38 bits per heavy atom. The van der Waals surface area contributed by atoms with Crippen LogP contribution < -0.4 is 5.11 Å². The van der Waals surface area contributed by atoms with Crippen LogP contribution in [-0.4, -0.2) is 34.0 Å². The number of rotatable bonds is 5. The molecule has 0 radical (unpaired) electrons. The van der Waals surface area contributed by atoms with E-state index in [1.54, 1.807) is 0 Å². The van der Waals surface area contributed by atoms with Crippen LogP contribution in [0.2, 0.25) is 0 Å². The molecule has 0 aromatic heterocycles. The first-order valence-corrected chi connectivity index (χ1v) is 5.64. The third kappa shape index (κ3) is 8.33. The van der Waals surface area contributed by atoms with Gasteiger partial charge in [-0.2, -0.15) is 13.2 Å². The van der Waals surface area contributed by atoms with Crippen molar-refractivity contribution >= 4 is 52.4 Å². The van der Waals surface area contributed by atoms with Gasteiger partial charge in [0.2, 0.25) is 0 Å². The Morgan fingerprint density at radius 3 is 1.62 bits per heavy atom. The Kier molecular flexibility index (Phi) is 6.72. The molecule has 0 saturated carbocycles. The van der Waals surface area contributed by atoms with E-state index in [-0.39, 0.29) is 0 Å². The monoisotopic (exact) mass is 407 g/mol. The molecule has 0 aliphatic rings. The van der Waals surface area contributed by atoms with Crippen LogP contribution in [0.15, 0.2) is 0 Å². The van der Waals surface area contributed by atoms with Crippen molar-refractivity contribution in [1.29, 1.82) is 0 Å². The molecule has 126 valence electrons.